The van der Waals surface area contributed by atoms with Crippen molar-refractivity contribution in [3.8, 4) is 5.75 Å². The number of amides is 1. The number of aliphatic hydroxyl groups is 2. The first-order chi connectivity index (χ1) is 28.2. The molecule has 2 spiro atoms. The number of allylic oxidation sites excluding steroid dienone is 4. The van der Waals surface area contributed by atoms with Crippen LogP contribution in [-0.2, 0) is 11.3 Å². The third-order valence-electron chi connectivity index (χ3n) is 17.5. The molecule has 59 heavy (non-hydrogen) atoms. The largest absolute Gasteiger partial charge is 0.497 e. The van der Waals surface area contributed by atoms with E-state index < -0.39 is 27.9 Å². The van der Waals surface area contributed by atoms with Crippen molar-refractivity contribution in [2.45, 2.75) is 123 Å². The van der Waals surface area contributed by atoms with Gasteiger partial charge in [-0.05, 0) is 133 Å². The number of benzene rings is 3. The number of fused-ring (bicyclic) bond motifs is 2. The fourth-order valence-corrected chi connectivity index (χ4v) is 14.1. The van der Waals surface area contributed by atoms with E-state index in [0.29, 0.717) is 48.5 Å². The summed E-state index contributed by atoms with van der Waals surface area (Å²) in [5.74, 6) is 2.04. The summed E-state index contributed by atoms with van der Waals surface area (Å²) in [4.78, 5) is 31.7. The first kappa shape index (κ1) is 40.5. The lowest BCUT2D eigenvalue weighted by Gasteiger charge is -2.71. The fourth-order valence-electron chi connectivity index (χ4n) is 14.1. The fraction of sp³-hybridized carbons (Fsp3) is 0.577. The van der Waals surface area contributed by atoms with Gasteiger partial charge in [0, 0.05) is 33.9 Å². The van der Waals surface area contributed by atoms with Crippen LogP contribution in [0.4, 0.5) is 4.79 Å². The zero-order valence-corrected chi connectivity index (χ0v) is 36.1. The summed E-state index contributed by atoms with van der Waals surface area (Å²) in [7, 11) is 1.63. The van der Waals surface area contributed by atoms with Crippen molar-refractivity contribution in [2.24, 2.45) is 51.2 Å². The van der Waals surface area contributed by atoms with Crippen LogP contribution in [-0.4, -0.2) is 58.5 Å². The monoisotopic (exact) mass is 799 g/mol. The van der Waals surface area contributed by atoms with Crippen LogP contribution in [0.2, 0.25) is 0 Å². The van der Waals surface area contributed by atoms with Crippen molar-refractivity contribution in [1.82, 2.24) is 4.90 Å². The van der Waals surface area contributed by atoms with Gasteiger partial charge in [0.15, 0.2) is 5.78 Å². The van der Waals surface area contributed by atoms with Crippen LogP contribution in [0.3, 0.4) is 0 Å². The number of ether oxygens (including phenoxy) is 2. The molecule has 7 nitrogen and oxygen atoms in total. The van der Waals surface area contributed by atoms with Gasteiger partial charge < -0.3 is 24.6 Å². The number of ketones is 1. The molecule has 3 aromatic rings. The van der Waals surface area contributed by atoms with E-state index >= 15 is 4.79 Å². The number of aliphatic hydroxyl groups excluding tert-OH is 1. The summed E-state index contributed by atoms with van der Waals surface area (Å²) in [6.45, 7) is 11.9. The Kier molecular flexibility index (Phi) is 10.0. The van der Waals surface area contributed by atoms with Gasteiger partial charge in [-0.1, -0.05) is 102 Å². The second kappa shape index (κ2) is 14.6. The lowest BCUT2D eigenvalue weighted by atomic mass is 9.32. The van der Waals surface area contributed by atoms with Crippen molar-refractivity contribution in [1.29, 1.82) is 0 Å². The molecule has 4 fully saturated rings. The highest BCUT2D eigenvalue weighted by atomic mass is 16.6. The van der Waals surface area contributed by atoms with E-state index in [9.17, 15) is 15.0 Å². The number of carbonyl (C=O) groups is 2. The Labute approximate surface area is 351 Å². The number of hydrogen-bond acceptors (Lipinski definition) is 6. The molecule has 7 aliphatic carbocycles. The molecule has 314 valence electrons. The number of methoxy groups -OCH3 is 1. The van der Waals surface area contributed by atoms with Gasteiger partial charge in [0.2, 0.25) is 0 Å². The quantitative estimate of drug-likeness (QED) is 0.165. The molecular formula is C52H65NO6. The predicted molar refractivity (Wildman–Crippen MR) is 232 cm³/mol. The molecule has 1 unspecified atom stereocenters. The first-order valence-electron chi connectivity index (χ1n) is 22.6. The summed E-state index contributed by atoms with van der Waals surface area (Å²) in [5.41, 5.74) is -0.507. The van der Waals surface area contributed by atoms with Gasteiger partial charge in [0.1, 0.15) is 11.9 Å². The Hall–Kier alpha value is -3.94. The lowest BCUT2D eigenvalue weighted by molar-refractivity contribution is -0.175. The van der Waals surface area contributed by atoms with Gasteiger partial charge in [-0.15, -0.1) is 0 Å². The van der Waals surface area contributed by atoms with Crippen LogP contribution in [0, 0.1) is 51.2 Å². The van der Waals surface area contributed by atoms with Gasteiger partial charge in [-0.3, -0.25) is 4.79 Å². The molecule has 7 aliphatic rings. The van der Waals surface area contributed by atoms with Crippen molar-refractivity contribution < 1.29 is 29.3 Å². The summed E-state index contributed by atoms with van der Waals surface area (Å²) in [6.07, 6.45) is 14.2. The summed E-state index contributed by atoms with van der Waals surface area (Å²) < 4.78 is 12.1. The van der Waals surface area contributed by atoms with E-state index in [0.717, 1.165) is 73.3 Å². The zero-order chi connectivity index (χ0) is 41.5. The number of hydrogen-bond donors (Lipinski definition) is 2. The number of nitrogens with zero attached hydrogens (tertiary/aromatic N) is 1. The predicted octanol–water partition coefficient (Wildman–Crippen LogP) is 10.7. The van der Waals surface area contributed by atoms with Crippen LogP contribution in [0.5, 0.6) is 5.75 Å². The van der Waals surface area contributed by atoms with Crippen molar-refractivity contribution in [3.05, 3.63) is 102 Å². The zero-order valence-electron chi connectivity index (χ0n) is 36.1. The SMILES string of the molecule is COc1ccc(C(=O)C2=C[C@@]34C=C[C@@]25[C@@H]2CC[C@@](O)(CN(Cc6cccc7ccccc67)C(=O)O[C@H]6C[C@@H](C)CC[C@@H]6C(C)C)[C@@]2(C)CC[C@@H]5[C@@]3(C)CCC(O)C4)cc1. The highest BCUT2D eigenvalue weighted by Gasteiger charge is 2.74. The molecule has 4 saturated carbocycles. The van der Waals surface area contributed by atoms with E-state index in [1.807, 2.05) is 41.3 Å². The Morgan fingerprint density at radius 3 is 2.34 bits per heavy atom. The average Bonchev–Trinajstić information content (AvgIpc) is 3.49. The van der Waals surface area contributed by atoms with Crippen LogP contribution in [0.1, 0.15) is 115 Å². The standard InChI is InChI=1S/C52H65NO6/c1-33(2)40-19-14-34(3)28-43(40)59-47(56)53(31-37-12-9-11-35-10-7-8-13-41(35)37)32-51(57)25-22-45-49(51,5)24-21-44-48(4)23-20-38(54)29-50(48)26-27-52(44,45)42(30-50)46(55)36-15-17-39(58-6)18-16-36/h7-13,15-18,26-27,30,33-34,38,40,43-45,54,57H,14,19-25,28-29,31-32H2,1-6H3/t34-,38?,40+,43-,44+,45+,48+,49-,50-,51+,52+/m0/s1. The van der Waals surface area contributed by atoms with Crippen LogP contribution in [0.15, 0.2) is 90.5 Å². The topological polar surface area (TPSA) is 96.3 Å². The van der Waals surface area contributed by atoms with Gasteiger partial charge in [0.05, 0.1) is 25.4 Å². The van der Waals surface area contributed by atoms with Crippen LogP contribution < -0.4 is 4.74 Å². The van der Waals surface area contributed by atoms with Gasteiger partial charge >= 0.3 is 6.09 Å². The second-order valence-corrected chi connectivity index (χ2v) is 20.6. The number of carbonyl (C=O) groups excluding carboxylic acids is 2. The highest BCUT2D eigenvalue weighted by molar-refractivity contribution is 6.10. The highest BCUT2D eigenvalue weighted by Crippen LogP contribution is 2.78. The van der Waals surface area contributed by atoms with E-state index in [1.54, 1.807) is 7.11 Å². The lowest BCUT2D eigenvalue weighted by Crippen LogP contribution is -2.67. The van der Waals surface area contributed by atoms with Crippen molar-refractivity contribution >= 4 is 22.6 Å². The van der Waals surface area contributed by atoms with Crippen LogP contribution >= 0.6 is 0 Å². The van der Waals surface area contributed by atoms with Crippen LogP contribution in [0.25, 0.3) is 10.8 Å². The van der Waals surface area contributed by atoms with Gasteiger partial charge in [0.25, 0.3) is 0 Å². The average molecular weight is 800 g/mol. The van der Waals surface area contributed by atoms with Crippen molar-refractivity contribution in [3.63, 3.8) is 0 Å². The van der Waals surface area contributed by atoms with E-state index in [4.69, 9.17) is 9.47 Å². The smallest absolute Gasteiger partial charge is 0.410 e. The molecule has 11 atom stereocenters. The molecule has 0 aliphatic heterocycles. The molecule has 7 heteroatoms. The molecule has 2 bridgehead atoms. The minimum atomic E-state index is -1.23. The maximum Gasteiger partial charge on any atom is 0.410 e. The van der Waals surface area contributed by atoms with E-state index in [2.05, 4.69) is 83.2 Å². The minimum absolute atomic E-state index is 0.0192. The molecule has 0 aromatic heterocycles. The second-order valence-electron chi connectivity index (χ2n) is 20.6. The Bertz CT molecular complexity index is 2170. The number of rotatable bonds is 9. The molecule has 10 rings (SSSR count). The summed E-state index contributed by atoms with van der Waals surface area (Å²) >= 11 is 0. The van der Waals surface area contributed by atoms with Gasteiger partial charge in [-0.2, -0.15) is 0 Å². The molecular weight excluding hydrogens is 735 g/mol. The molecule has 3 aromatic carbocycles. The third-order valence-corrected chi connectivity index (χ3v) is 17.5. The van der Waals surface area contributed by atoms with Crippen molar-refractivity contribution in [2.75, 3.05) is 13.7 Å². The minimum Gasteiger partial charge on any atom is -0.497 e. The molecule has 2 N–H and O–H groups in total. The third kappa shape index (κ3) is 6.17. The Morgan fingerprint density at radius 2 is 1.58 bits per heavy atom. The maximum atomic E-state index is 15.1. The molecule has 0 saturated heterocycles. The molecule has 0 radical (unpaired) electrons. The summed E-state index contributed by atoms with van der Waals surface area (Å²) in [5, 5.41) is 26.8. The first-order valence-corrected chi connectivity index (χ1v) is 22.6. The van der Waals surface area contributed by atoms with E-state index in [-0.39, 0.29) is 41.8 Å². The van der Waals surface area contributed by atoms with Gasteiger partial charge in [-0.25, -0.2) is 4.79 Å². The normalized spacial score (nSPS) is 38.3. The van der Waals surface area contributed by atoms with E-state index in [1.165, 1.54) is 0 Å². The molecule has 0 heterocycles. The maximum absolute atomic E-state index is 15.1. The molecule has 1 amide bonds. The Balaban J connectivity index is 1.10. The Morgan fingerprint density at radius 1 is 0.864 bits per heavy atom. The summed E-state index contributed by atoms with van der Waals surface area (Å²) in [6, 6.07) is 22.0. The number of Topliss-reactive ketones (excluding diaryl/α,β-unsaturated/α-hetero) is 1.